The molecule has 23 heavy (non-hydrogen) atoms. The number of carbonyl (C=O) groups is 1. The number of ether oxygens (including phenoxy) is 1. The number of hydrogen-bond donors (Lipinski definition) is 2. The summed E-state index contributed by atoms with van der Waals surface area (Å²) in [4.78, 5) is 11.6. The molecule has 2 rings (SSSR count). The van der Waals surface area contributed by atoms with Crippen LogP contribution in [0.2, 0.25) is 0 Å². The molecule has 0 spiro atoms. The Labute approximate surface area is 132 Å². The summed E-state index contributed by atoms with van der Waals surface area (Å²) in [5.41, 5.74) is 0.121. The number of benzene rings is 2. The lowest BCUT2D eigenvalue weighted by molar-refractivity contribution is -0.122. The van der Waals surface area contributed by atoms with Crippen LogP contribution in [0.1, 0.15) is 18.1 Å². The molecule has 2 aromatic carbocycles. The van der Waals surface area contributed by atoms with Gasteiger partial charge in [-0.05, 0) is 18.2 Å². The van der Waals surface area contributed by atoms with Gasteiger partial charge in [-0.1, -0.05) is 30.3 Å². The predicted molar refractivity (Wildman–Crippen MR) is 80.9 cm³/mol. The van der Waals surface area contributed by atoms with E-state index in [0.29, 0.717) is 0 Å². The Morgan fingerprint density at radius 2 is 1.74 bits per heavy atom. The molecule has 0 heterocycles. The summed E-state index contributed by atoms with van der Waals surface area (Å²) >= 11 is 0. The first-order valence-corrected chi connectivity index (χ1v) is 7.14. The number of carbonyl (C=O) groups excluding carboxylic acids is 1. The van der Waals surface area contributed by atoms with E-state index in [1.54, 1.807) is 18.2 Å². The molecule has 2 N–H and O–H groups in total. The molecule has 0 fully saturated rings. The zero-order valence-corrected chi connectivity index (χ0v) is 12.3. The van der Waals surface area contributed by atoms with Crippen molar-refractivity contribution in [1.29, 1.82) is 0 Å². The summed E-state index contributed by atoms with van der Waals surface area (Å²) in [6, 6.07) is 11.7. The maximum atomic E-state index is 13.5. The predicted octanol–water partition coefficient (Wildman–Crippen LogP) is 2.58. The minimum Gasteiger partial charge on any atom is -0.490 e. The Morgan fingerprint density at radius 1 is 1.09 bits per heavy atom. The van der Waals surface area contributed by atoms with E-state index >= 15 is 0 Å². The van der Waals surface area contributed by atoms with Gasteiger partial charge in [-0.3, -0.25) is 4.79 Å². The van der Waals surface area contributed by atoms with Crippen LogP contribution in [0.15, 0.2) is 48.5 Å². The third-order valence-corrected chi connectivity index (χ3v) is 3.18. The van der Waals surface area contributed by atoms with Crippen LogP contribution in [0, 0.1) is 11.6 Å². The molecule has 1 atom stereocenters. The standard InChI is InChI=1S/C17H17F2NO3/c18-13-6-2-1-5-12(13)15(21)11-20-17(22)9-10-23-16-8-4-3-7-14(16)19/h1-8,15,21H,9-11H2,(H,20,22)/t15-/m1/s1. The van der Waals surface area contributed by atoms with Gasteiger partial charge in [-0.15, -0.1) is 0 Å². The van der Waals surface area contributed by atoms with Gasteiger partial charge in [-0.25, -0.2) is 8.78 Å². The lowest BCUT2D eigenvalue weighted by atomic mass is 10.1. The van der Waals surface area contributed by atoms with Crippen molar-refractivity contribution in [2.24, 2.45) is 0 Å². The molecular weight excluding hydrogens is 304 g/mol. The van der Waals surface area contributed by atoms with Crippen LogP contribution in [-0.4, -0.2) is 24.2 Å². The zero-order valence-electron chi connectivity index (χ0n) is 12.3. The topological polar surface area (TPSA) is 58.6 Å². The van der Waals surface area contributed by atoms with Gasteiger partial charge in [0, 0.05) is 12.1 Å². The number of nitrogens with one attached hydrogen (secondary N) is 1. The number of amides is 1. The molecular formula is C17H17F2NO3. The van der Waals surface area contributed by atoms with Crippen molar-refractivity contribution in [2.45, 2.75) is 12.5 Å². The van der Waals surface area contributed by atoms with E-state index in [0.717, 1.165) is 0 Å². The average molecular weight is 321 g/mol. The second kappa shape index (κ2) is 8.24. The molecule has 4 nitrogen and oxygen atoms in total. The normalized spacial score (nSPS) is 11.8. The van der Waals surface area contributed by atoms with Crippen molar-refractivity contribution < 1.29 is 23.4 Å². The fourth-order valence-electron chi connectivity index (χ4n) is 1.97. The van der Waals surface area contributed by atoms with E-state index in [1.807, 2.05) is 0 Å². The molecule has 0 bridgehead atoms. The quantitative estimate of drug-likeness (QED) is 0.824. The van der Waals surface area contributed by atoms with Crippen LogP contribution < -0.4 is 10.1 Å². The van der Waals surface area contributed by atoms with Gasteiger partial charge in [-0.2, -0.15) is 0 Å². The SMILES string of the molecule is O=C(CCOc1ccccc1F)NC[C@@H](O)c1ccccc1F. The molecule has 1 amide bonds. The smallest absolute Gasteiger partial charge is 0.223 e. The summed E-state index contributed by atoms with van der Waals surface area (Å²) in [5, 5.41) is 12.3. The lowest BCUT2D eigenvalue weighted by Gasteiger charge is -2.13. The van der Waals surface area contributed by atoms with Crippen LogP contribution >= 0.6 is 0 Å². The second-order valence-corrected chi connectivity index (χ2v) is 4.87. The van der Waals surface area contributed by atoms with Crippen LogP contribution in [0.25, 0.3) is 0 Å². The molecule has 0 unspecified atom stereocenters. The highest BCUT2D eigenvalue weighted by molar-refractivity contribution is 5.76. The first kappa shape index (κ1) is 16.9. The Bertz CT molecular complexity index is 664. The molecule has 0 aliphatic rings. The zero-order chi connectivity index (χ0) is 16.7. The minimum atomic E-state index is -1.13. The first-order valence-electron chi connectivity index (χ1n) is 7.14. The highest BCUT2D eigenvalue weighted by atomic mass is 19.1. The Morgan fingerprint density at radius 3 is 2.43 bits per heavy atom. The number of aliphatic hydroxyl groups is 1. The van der Waals surface area contributed by atoms with Crippen molar-refractivity contribution in [2.75, 3.05) is 13.2 Å². The highest BCUT2D eigenvalue weighted by Gasteiger charge is 2.13. The molecule has 0 saturated carbocycles. The van der Waals surface area contributed by atoms with Crippen molar-refractivity contribution in [1.82, 2.24) is 5.32 Å². The number of aliphatic hydroxyl groups excluding tert-OH is 1. The molecule has 6 heteroatoms. The first-order chi connectivity index (χ1) is 11.1. The van der Waals surface area contributed by atoms with Crippen molar-refractivity contribution in [3.63, 3.8) is 0 Å². The maximum Gasteiger partial charge on any atom is 0.223 e. The van der Waals surface area contributed by atoms with Gasteiger partial charge in [0.25, 0.3) is 0 Å². The fraction of sp³-hybridized carbons (Fsp3) is 0.235. The maximum absolute atomic E-state index is 13.5. The van der Waals surface area contributed by atoms with Crippen molar-refractivity contribution in [3.8, 4) is 5.75 Å². The summed E-state index contributed by atoms with van der Waals surface area (Å²) in [6.07, 6.45) is -1.13. The summed E-state index contributed by atoms with van der Waals surface area (Å²) in [6.45, 7) is -0.109. The number of hydrogen-bond acceptors (Lipinski definition) is 3. The summed E-state index contributed by atoms with van der Waals surface area (Å²) < 4.78 is 31.9. The van der Waals surface area contributed by atoms with E-state index in [-0.39, 0.29) is 36.8 Å². The van der Waals surface area contributed by atoms with Gasteiger partial charge in [0.2, 0.25) is 5.91 Å². The molecule has 0 radical (unpaired) electrons. The fourth-order valence-corrected chi connectivity index (χ4v) is 1.97. The molecule has 0 aliphatic heterocycles. The molecule has 0 aromatic heterocycles. The molecule has 122 valence electrons. The van der Waals surface area contributed by atoms with Crippen molar-refractivity contribution in [3.05, 3.63) is 65.7 Å². The number of halogens is 2. The van der Waals surface area contributed by atoms with Crippen LogP contribution in [0.3, 0.4) is 0 Å². The van der Waals surface area contributed by atoms with E-state index in [1.165, 1.54) is 30.3 Å². The average Bonchev–Trinajstić information content (AvgIpc) is 2.55. The Balaban J connectivity index is 1.73. The van der Waals surface area contributed by atoms with Gasteiger partial charge in [0.1, 0.15) is 5.82 Å². The van der Waals surface area contributed by atoms with Crippen LogP contribution in [0.4, 0.5) is 8.78 Å². The Kier molecular flexibility index (Phi) is 6.05. The number of rotatable bonds is 7. The third kappa shape index (κ3) is 5.03. The van der Waals surface area contributed by atoms with E-state index < -0.39 is 17.7 Å². The van der Waals surface area contributed by atoms with E-state index in [4.69, 9.17) is 4.74 Å². The van der Waals surface area contributed by atoms with E-state index in [9.17, 15) is 18.7 Å². The monoisotopic (exact) mass is 321 g/mol. The third-order valence-electron chi connectivity index (χ3n) is 3.18. The van der Waals surface area contributed by atoms with Gasteiger partial charge in [0.05, 0.1) is 19.1 Å². The molecule has 0 aliphatic carbocycles. The summed E-state index contributed by atoms with van der Waals surface area (Å²) in [5.74, 6) is -1.33. The molecule has 2 aromatic rings. The lowest BCUT2D eigenvalue weighted by Crippen LogP contribution is -2.29. The number of para-hydroxylation sites is 1. The molecule has 0 saturated heterocycles. The Hall–Kier alpha value is -2.47. The van der Waals surface area contributed by atoms with Gasteiger partial charge < -0.3 is 15.2 Å². The summed E-state index contributed by atoms with van der Waals surface area (Å²) in [7, 11) is 0. The van der Waals surface area contributed by atoms with E-state index in [2.05, 4.69) is 5.32 Å². The largest absolute Gasteiger partial charge is 0.490 e. The second-order valence-electron chi connectivity index (χ2n) is 4.87. The highest BCUT2D eigenvalue weighted by Crippen LogP contribution is 2.16. The minimum absolute atomic E-state index is 0.00166. The van der Waals surface area contributed by atoms with Gasteiger partial charge >= 0.3 is 0 Å². The van der Waals surface area contributed by atoms with Crippen LogP contribution in [-0.2, 0) is 4.79 Å². The van der Waals surface area contributed by atoms with Gasteiger partial charge in [0.15, 0.2) is 11.6 Å². The van der Waals surface area contributed by atoms with Crippen LogP contribution in [0.5, 0.6) is 5.75 Å². The van der Waals surface area contributed by atoms with Crippen molar-refractivity contribution >= 4 is 5.91 Å².